The maximum absolute atomic E-state index is 4.60. The van der Waals surface area contributed by atoms with Crippen LogP contribution in [-0.2, 0) is 0 Å². The molecule has 0 saturated carbocycles. The summed E-state index contributed by atoms with van der Waals surface area (Å²) in [5.74, 6) is 0. The summed E-state index contributed by atoms with van der Waals surface area (Å²) in [6, 6.07) is 0. The Morgan fingerprint density at radius 3 is 1.79 bits per heavy atom. The van der Waals surface area contributed by atoms with Crippen molar-refractivity contribution in [3.8, 4) is 0 Å². The van der Waals surface area contributed by atoms with E-state index >= 15 is 0 Å². The third-order valence-electron chi connectivity index (χ3n) is 2.12. The van der Waals surface area contributed by atoms with E-state index in [-0.39, 0.29) is 10.9 Å². The predicted octanol–water partition coefficient (Wildman–Crippen LogP) is 2.81. The van der Waals surface area contributed by atoms with Gasteiger partial charge in [-0.2, -0.15) is 0 Å². The minimum Gasteiger partial charge on any atom is -0.293 e. The van der Waals surface area contributed by atoms with Crippen LogP contribution in [0, 0.1) is 5.41 Å². The molecule has 0 aromatic rings. The molecule has 0 N–H and O–H groups in total. The summed E-state index contributed by atoms with van der Waals surface area (Å²) < 4.78 is 0. The maximum atomic E-state index is 4.60. The first-order valence-corrected chi connectivity index (χ1v) is 5.27. The van der Waals surface area contributed by atoms with Crippen LogP contribution in [0.3, 0.4) is 0 Å². The Kier molecular flexibility index (Phi) is 4.17. The first kappa shape index (κ1) is 13.5. The van der Waals surface area contributed by atoms with Gasteiger partial charge in [-0.1, -0.05) is 26.3 Å². The Balaban J connectivity index is 4.77. The topological polar surface area (TPSA) is 12.4 Å². The van der Waals surface area contributed by atoms with E-state index in [1.54, 1.807) is 0 Å². The molecule has 80 valence electrons. The maximum Gasteiger partial charge on any atom is 0.136 e. The van der Waals surface area contributed by atoms with Crippen molar-refractivity contribution >= 4 is 13.6 Å². The molecular weight excluding hydrogens is 169 g/mol. The molecule has 2 heteroatoms. The predicted molar refractivity (Wildman–Crippen MR) is 68.9 cm³/mol. The van der Waals surface area contributed by atoms with Crippen molar-refractivity contribution in [3.63, 3.8) is 0 Å². The molecule has 0 spiro atoms. The third-order valence-corrected chi connectivity index (χ3v) is 2.12. The van der Waals surface area contributed by atoms with Crippen molar-refractivity contribution < 1.29 is 0 Å². The van der Waals surface area contributed by atoms with E-state index in [1.165, 1.54) is 5.57 Å². The van der Waals surface area contributed by atoms with E-state index in [0.717, 1.165) is 5.71 Å². The van der Waals surface area contributed by atoms with Gasteiger partial charge in [-0.3, -0.25) is 4.99 Å². The van der Waals surface area contributed by atoms with Crippen LogP contribution in [0.2, 0.25) is 0 Å². The number of aliphatic imine (C=N–C) groups is 1. The molecule has 0 aromatic heterocycles. The van der Waals surface area contributed by atoms with Crippen LogP contribution in [-0.4, -0.2) is 19.0 Å². The number of hydrogen-bond acceptors (Lipinski definition) is 1. The third kappa shape index (κ3) is 6.01. The van der Waals surface area contributed by atoms with Gasteiger partial charge in [0.2, 0.25) is 0 Å². The second-order valence-corrected chi connectivity index (χ2v) is 6.00. The summed E-state index contributed by atoms with van der Waals surface area (Å²) in [7, 11) is 2.12. The normalized spacial score (nSPS) is 15.9. The number of allylic oxidation sites excluding steroid dienone is 2. The highest BCUT2D eigenvalue weighted by Crippen LogP contribution is 2.24. The van der Waals surface area contributed by atoms with Crippen LogP contribution in [0.25, 0.3) is 0 Å². The molecule has 0 aromatic carbocycles. The van der Waals surface area contributed by atoms with Gasteiger partial charge in [-0.05, 0) is 39.2 Å². The Morgan fingerprint density at radius 1 is 1.07 bits per heavy atom. The molecule has 0 rings (SSSR count). The number of rotatable bonds is 2. The average molecular weight is 193 g/mol. The molecule has 0 saturated heterocycles. The van der Waals surface area contributed by atoms with E-state index in [1.807, 2.05) is 0 Å². The first-order valence-electron chi connectivity index (χ1n) is 5.27. The molecule has 0 aliphatic carbocycles. The lowest BCUT2D eigenvalue weighted by Crippen LogP contribution is -2.18. The molecule has 0 aliphatic heterocycles. The molecule has 0 atom stereocenters. The molecule has 0 amide bonds. The van der Waals surface area contributed by atoms with E-state index in [9.17, 15) is 0 Å². The van der Waals surface area contributed by atoms with Crippen LogP contribution < -0.4 is 0 Å². The summed E-state index contributed by atoms with van der Waals surface area (Å²) in [4.78, 5) is 4.60. The van der Waals surface area contributed by atoms with Crippen molar-refractivity contribution in [3.05, 3.63) is 11.6 Å². The Bertz CT molecular complexity index is 248. The van der Waals surface area contributed by atoms with E-state index in [0.29, 0.717) is 0 Å². The molecule has 0 heterocycles. The van der Waals surface area contributed by atoms with Gasteiger partial charge in [0.15, 0.2) is 0 Å². The summed E-state index contributed by atoms with van der Waals surface area (Å²) in [5, 5.41) is 0. The Morgan fingerprint density at radius 2 is 1.50 bits per heavy atom. The molecule has 14 heavy (non-hydrogen) atoms. The zero-order valence-electron chi connectivity index (χ0n) is 11.0. The Hall–Kier alpha value is -0.525. The van der Waals surface area contributed by atoms with Gasteiger partial charge in [0.25, 0.3) is 0 Å². The second kappa shape index (κ2) is 4.33. The minimum absolute atomic E-state index is 0.0265. The summed E-state index contributed by atoms with van der Waals surface area (Å²) >= 11 is 0. The molecule has 0 fully saturated rings. The summed E-state index contributed by atoms with van der Waals surface area (Å²) in [6.45, 7) is 15.2. The van der Waals surface area contributed by atoms with Crippen LogP contribution in [0.1, 0.15) is 48.5 Å². The molecule has 0 radical (unpaired) electrons. The van der Waals surface area contributed by atoms with Gasteiger partial charge in [0.05, 0.1) is 0 Å². The molecule has 0 unspecified atom stereocenters. The van der Waals surface area contributed by atoms with Crippen LogP contribution in [0.5, 0.6) is 0 Å². The SMILES string of the molecule is BC(C)(C)/N=C(C)\C=C(\C)C(C)(C)C. The van der Waals surface area contributed by atoms with Gasteiger partial charge in [-0.15, -0.1) is 0 Å². The number of hydrogen-bond donors (Lipinski definition) is 0. The standard InChI is InChI=1S/C12H24BN/c1-9(11(3,4)5)8-10(2)14-12(6,7)13/h8H,13H2,1-7H3/b9-8-,14-10-. The highest BCUT2D eigenvalue weighted by molar-refractivity contribution is 6.16. The van der Waals surface area contributed by atoms with Gasteiger partial charge >= 0.3 is 0 Å². The average Bonchev–Trinajstić information content (AvgIpc) is 1.79. The van der Waals surface area contributed by atoms with E-state index < -0.39 is 0 Å². The fourth-order valence-electron chi connectivity index (χ4n) is 1.09. The van der Waals surface area contributed by atoms with Crippen molar-refractivity contribution in [1.82, 2.24) is 0 Å². The monoisotopic (exact) mass is 193 g/mol. The lowest BCUT2D eigenvalue weighted by molar-refractivity contribution is 0.504. The van der Waals surface area contributed by atoms with Gasteiger partial charge in [-0.25, -0.2) is 0 Å². The number of nitrogens with zero attached hydrogens (tertiary/aromatic N) is 1. The highest BCUT2D eigenvalue weighted by atomic mass is 14.8. The summed E-state index contributed by atoms with van der Waals surface area (Å²) in [6.07, 6.45) is 2.19. The van der Waals surface area contributed by atoms with Crippen LogP contribution in [0.15, 0.2) is 16.6 Å². The van der Waals surface area contributed by atoms with Crippen molar-refractivity contribution in [2.75, 3.05) is 0 Å². The van der Waals surface area contributed by atoms with Crippen molar-refractivity contribution in [1.29, 1.82) is 0 Å². The second-order valence-electron chi connectivity index (χ2n) is 6.00. The summed E-state index contributed by atoms with van der Waals surface area (Å²) in [5.41, 5.74) is 2.76. The lowest BCUT2D eigenvalue weighted by atomic mass is 9.82. The van der Waals surface area contributed by atoms with E-state index in [4.69, 9.17) is 0 Å². The molecular formula is C12H24BN. The van der Waals surface area contributed by atoms with Gasteiger partial charge in [0.1, 0.15) is 7.85 Å². The zero-order chi connectivity index (χ0) is 11.6. The fraction of sp³-hybridized carbons (Fsp3) is 0.750. The van der Waals surface area contributed by atoms with E-state index in [2.05, 4.69) is 67.4 Å². The smallest absolute Gasteiger partial charge is 0.136 e. The van der Waals surface area contributed by atoms with Crippen LogP contribution in [0.4, 0.5) is 0 Å². The van der Waals surface area contributed by atoms with Crippen molar-refractivity contribution in [2.24, 2.45) is 10.4 Å². The zero-order valence-corrected chi connectivity index (χ0v) is 11.0. The van der Waals surface area contributed by atoms with Gasteiger partial charge in [0, 0.05) is 11.1 Å². The molecule has 0 bridgehead atoms. The molecule has 1 nitrogen and oxygen atoms in total. The van der Waals surface area contributed by atoms with Crippen molar-refractivity contribution in [2.45, 2.75) is 53.9 Å². The first-order chi connectivity index (χ1) is 6.02. The molecule has 0 aliphatic rings. The lowest BCUT2D eigenvalue weighted by Gasteiger charge is -2.20. The minimum atomic E-state index is 0.0265. The van der Waals surface area contributed by atoms with Gasteiger partial charge < -0.3 is 0 Å². The van der Waals surface area contributed by atoms with Crippen LogP contribution >= 0.6 is 0 Å². The quantitative estimate of drug-likeness (QED) is 0.472. The largest absolute Gasteiger partial charge is 0.293 e. The highest BCUT2D eigenvalue weighted by Gasteiger charge is 2.13. The fourth-order valence-corrected chi connectivity index (χ4v) is 1.09. The Labute approximate surface area is 90.1 Å².